The Morgan fingerprint density at radius 3 is 2.38 bits per heavy atom. The Balaban J connectivity index is 1.87. The standard InChI is InChI=1S/C23H24N2O/c1-16-12-14-25(15-13-16)23(26)21-17(2)22(18-8-4-3-5-9-18)24-20-11-7-6-10-19(20)21/h3-11,16H,12-15H2,1-2H3. The largest absolute Gasteiger partial charge is 0.339 e. The fraction of sp³-hybridized carbons (Fsp3) is 0.304. The first-order valence-electron chi connectivity index (χ1n) is 9.39. The minimum absolute atomic E-state index is 0.144. The fourth-order valence-corrected chi connectivity index (χ4v) is 3.83. The number of fused-ring (bicyclic) bond motifs is 1. The number of likely N-dealkylation sites (tertiary alicyclic amines) is 1. The summed E-state index contributed by atoms with van der Waals surface area (Å²) in [6, 6.07) is 18.1. The number of pyridine rings is 1. The second kappa shape index (κ2) is 6.91. The van der Waals surface area contributed by atoms with Crippen molar-refractivity contribution < 1.29 is 4.79 Å². The monoisotopic (exact) mass is 344 g/mol. The average molecular weight is 344 g/mol. The second-order valence-electron chi connectivity index (χ2n) is 7.32. The maximum absolute atomic E-state index is 13.4. The van der Waals surface area contributed by atoms with Crippen LogP contribution in [0.4, 0.5) is 0 Å². The molecule has 4 rings (SSSR count). The Hall–Kier alpha value is -2.68. The van der Waals surface area contributed by atoms with Crippen molar-refractivity contribution in [2.75, 3.05) is 13.1 Å². The summed E-state index contributed by atoms with van der Waals surface area (Å²) in [5.74, 6) is 0.847. The molecule has 1 amide bonds. The van der Waals surface area contributed by atoms with E-state index in [2.05, 4.69) is 19.1 Å². The van der Waals surface area contributed by atoms with Crippen LogP contribution < -0.4 is 0 Å². The van der Waals surface area contributed by atoms with Gasteiger partial charge in [-0.15, -0.1) is 0 Å². The highest BCUT2D eigenvalue weighted by Gasteiger charge is 2.26. The van der Waals surface area contributed by atoms with Crippen molar-refractivity contribution >= 4 is 16.8 Å². The average Bonchev–Trinajstić information content (AvgIpc) is 2.68. The smallest absolute Gasteiger partial charge is 0.254 e. The molecule has 3 nitrogen and oxygen atoms in total. The molecule has 2 heterocycles. The van der Waals surface area contributed by atoms with Crippen LogP contribution in [-0.2, 0) is 0 Å². The van der Waals surface area contributed by atoms with Gasteiger partial charge in [0.05, 0.1) is 16.8 Å². The Kier molecular flexibility index (Phi) is 4.46. The van der Waals surface area contributed by atoms with Crippen LogP contribution in [0.25, 0.3) is 22.2 Å². The van der Waals surface area contributed by atoms with Gasteiger partial charge in [-0.2, -0.15) is 0 Å². The van der Waals surface area contributed by atoms with Gasteiger partial charge in [-0.3, -0.25) is 4.79 Å². The molecule has 0 spiro atoms. The summed E-state index contributed by atoms with van der Waals surface area (Å²) in [5, 5.41) is 0.952. The van der Waals surface area contributed by atoms with E-state index in [9.17, 15) is 4.79 Å². The van der Waals surface area contributed by atoms with Gasteiger partial charge in [0.15, 0.2) is 0 Å². The quantitative estimate of drug-likeness (QED) is 0.649. The van der Waals surface area contributed by atoms with E-state index in [1.54, 1.807) is 0 Å². The third-order valence-corrected chi connectivity index (χ3v) is 5.47. The lowest BCUT2D eigenvalue weighted by Crippen LogP contribution is -2.38. The number of amides is 1. The number of rotatable bonds is 2. The van der Waals surface area contributed by atoms with Crippen molar-refractivity contribution in [3.05, 3.63) is 65.7 Å². The molecule has 3 aromatic rings. The molecule has 0 aliphatic carbocycles. The predicted octanol–water partition coefficient (Wildman–Crippen LogP) is 5.08. The van der Waals surface area contributed by atoms with E-state index in [1.165, 1.54) is 0 Å². The molecule has 26 heavy (non-hydrogen) atoms. The lowest BCUT2D eigenvalue weighted by molar-refractivity contribution is 0.0698. The van der Waals surface area contributed by atoms with Crippen LogP contribution in [0.1, 0.15) is 35.7 Å². The van der Waals surface area contributed by atoms with Crippen molar-refractivity contribution in [2.24, 2.45) is 5.92 Å². The fourth-order valence-electron chi connectivity index (χ4n) is 3.83. The minimum atomic E-state index is 0.144. The van der Waals surface area contributed by atoms with Crippen LogP contribution in [0.15, 0.2) is 54.6 Å². The molecule has 0 bridgehead atoms. The lowest BCUT2D eigenvalue weighted by Gasteiger charge is -2.31. The van der Waals surface area contributed by atoms with Gasteiger partial charge >= 0.3 is 0 Å². The lowest BCUT2D eigenvalue weighted by atomic mass is 9.94. The molecule has 1 aromatic heterocycles. The summed E-state index contributed by atoms with van der Waals surface area (Å²) in [6.07, 6.45) is 2.17. The van der Waals surface area contributed by atoms with Gasteiger partial charge in [-0.05, 0) is 37.3 Å². The van der Waals surface area contributed by atoms with Crippen LogP contribution in [0.3, 0.4) is 0 Å². The first kappa shape index (κ1) is 16.8. The van der Waals surface area contributed by atoms with E-state index in [4.69, 9.17) is 4.98 Å². The zero-order chi connectivity index (χ0) is 18.1. The van der Waals surface area contributed by atoms with E-state index >= 15 is 0 Å². The van der Waals surface area contributed by atoms with Gasteiger partial charge in [-0.1, -0.05) is 55.5 Å². The zero-order valence-electron chi connectivity index (χ0n) is 15.4. The van der Waals surface area contributed by atoms with Gasteiger partial charge in [0.2, 0.25) is 0 Å². The number of benzene rings is 2. The van der Waals surface area contributed by atoms with Crippen LogP contribution in [-0.4, -0.2) is 28.9 Å². The van der Waals surface area contributed by atoms with E-state index < -0.39 is 0 Å². The van der Waals surface area contributed by atoms with Crippen LogP contribution in [0.5, 0.6) is 0 Å². The predicted molar refractivity (Wildman–Crippen MR) is 106 cm³/mol. The molecule has 132 valence electrons. The molecule has 0 N–H and O–H groups in total. The Morgan fingerprint density at radius 1 is 1.00 bits per heavy atom. The molecule has 0 saturated carbocycles. The zero-order valence-corrected chi connectivity index (χ0v) is 15.4. The van der Waals surface area contributed by atoms with Crippen LogP contribution in [0.2, 0.25) is 0 Å². The van der Waals surface area contributed by atoms with Crippen molar-refractivity contribution in [1.82, 2.24) is 9.88 Å². The molecular formula is C23H24N2O. The maximum atomic E-state index is 13.4. The number of carbonyl (C=O) groups excluding carboxylic acids is 1. The molecule has 1 saturated heterocycles. The molecule has 0 atom stereocenters. The van der Waals surface area contributed by atoms with Crippen LogP contribution in [0, 0.1) is 12.8 Å². The summed E-state index contributed by atoms with van der Waals surface area (Å²) >= 11 is 0. The number of nitrogens with zero attached hydrogens (tertiary/aromatic N) is 2. The van der Waals surface area contributed by atoms with Gasteiger partial charge in [0.1, 0.15) is 0 Å². The summed E-state index contributed by atoms with van der Waals surface area (Å²) < 4.78 is 0. The molecule has 0 unspecified atom stereocenters. The van der Waals surface area contributed by atoms with Crippen molar-refractivity contribution in [3.63, 3.8) is 0 Å². The van der Waals surface area contributed by atoms with Gasteiger partial charge in [-0.25, -0.2) is 4.98 Å². The van der Waals surface area contributed by atoms with Gasteiger partial charge in [0, 0.05) is 24.0 Å². The van der Waals surface area contributed by atoms with Crippen molar-refractivity contribution in [2.45, 2.75) is 26.7 Å². The van der Waals surface area contributed by atoms with E-state index in [0.717, 1.165) is 59.2 Å². The highest BCUT2D eigenvalue weighted by molar-refractivity contribution is 6.08. The molecule has 1 aliphatic heterocycles. The third kappa shape index (κ3) is 2.98. The molecule has 1 fully saturated rings. The molecule has 0 radical (unpaired) electrons. The molecular weight excluding hydrogens is 320 g/mol. The first-order chi connectivity index (χ1) is 12.6. The van der Waals surface area contributed by atoms with E-state index in [0.29, 0.717) is 5.92 Å². The first-order valence-corrected chi connectivity index (χ1v) is 9.39. The van der Waals surface area contributed by atoms with E-state index in [-0.39, 0.29) is 5.91 Å². The van der Waals surface area contributed by atoms with Crippen molar-refractivity contribution in [3.8, 4) is 11.3 Å². The summed E-state index contributed by atoms with van der Waals surface area (Å²) in [7, 11) is 0. The summed E-state index contributed by atoms with van der Waals surface area (Å²) in [4.78, 5) is 20.3. The minimum Gasteiger partial charge on any atom is -0.339 e. The number of hydrogen-bond acceptors (Lipinski definition) is 2. The van der Waals surface area contributed by atoms with E-state index in [1.807, 2.05) is 54.3 Å². The van der Waals surface area contributed by atoms with Gasteiger partial charge < -0.3 is 4.90 Å². The third-order valence-electron chi connectivity index (χ3n) is 5.47. The highest BCUT2D eigenvalue weighted by atomic mass is 16.2. The SMILES string of the molecule is Cc1c(-c2ccccc2)nc2ccccc2c1C(=O)N1CCC(C)CC1. The molecule has 1 aliphatic rings. The summed E-state index contributed by atoms with van der Waals surface area (Å²) in [5.41, 5.74) is 4.61. The normalized spacial score (nSPS) is 15.4. The number of aromatic nitrogens is 1. The Bertz CT molecular complexity index is 941. The molecule has 2 aromatic carbocycles. The number of carbonyl (C=O) groups is 1. The topological polar surface area (TPSA) is 33.2 Å². The maximum Gasteiger partial charge on any atom is 0.254 e. The Labute approximate surface area is 154 Å². The number of piperidine rings is 1. The number of para-hydroxylation sites is 1. The highest BCUT2D eigenvalue weighted by Crippen LogP contribution is 2.31. The van der Waals surface area contributed by atoms with Gasteiger partial charge in [0.25, 0.3) is 5.91 Å². The second-order valence-corrected chi connectivity index (χ2v) is 7.32. The van der Waals surface area contributed by atoms with Crippen LogP contribution >= 0.6 is 0 Å². The Morgan fingerprint density at radius 2 is 1.65 bits per heavy atom. The summed E-state index contributed by atoms with van der Waals surface area (Å²) in [6.45, 7) is 5.98. The van der Waals surface area contributed by atoms with Crippen molar-refractivity contribution in [1.29, 1.82) is 0 Å². The number of hydrogen-bond donors (Lipinski definition) is 0. The molecule has 3 heteroatoms.